The first kappa shape index (κ1) is 17.8. The summed E-state index contributed by atoms with van der Waals surface area (Å²) in [5, 5.41) is 0. The average Bonchev–Trinajstić information content (AvgIpc) is 2.26. The Hall–Kier alpha value is 0.390. The van der Waals surface area contributed by atoms with Gasteiger partial charge in [-0.2, -0.15) is 0 Å². The van der Waals surface area contributed by atoms with Crippen LogP contribution in [0.15, 0.2) is 0 Å². The standard InChI is InChI=1S/C7H16.C6H15OP/c1-4-6-7(3)5-2;1-4-6(2)5-7-8-3/h7H,4-6H2,1-3H3;6,8H,4-5H2,1-3H3. The molecule has 0 aliphatic heterocycles. The normalized spacial score (nSPS) is 14.8. The molecule has 1 nitrogen and oxygen atoms in total. The van der Waals surface area contributed by atoms with Crippen LogP contribution in [0.25, 0.3) is 0 Å². The maximum atomic E-state index is 5.21. The van der Waals surface area contributed by atoms with Gasteiger partial charge in [-0.15, -0.1) is 0 Å². The van der Waals surface area contributed by atoms with E-state index < -0.39 is 0 Å². The van der Waals surface area contributed by atoms with Crippen molar-refractivity contribution in [3.8, 4) is 0 Å². The summed E-state index contributed by atoms with van der Waals surface area (Å²) in [5.74, 6) is 1.69. The number of hydrogen-bond acceptors (Lipinski definition) is 1. The van der Waals surface area contributed by atoms with Gasteiger partial charge in [-0.05, 0) is 18.5 Å². The maximum absolute atomic E-state index is 5.21. The van der Waals surface area contributed by atoms with Crippen molar-refractivity contribution in [2.45, 2.75) is 60.3 Å². The second-order valence-corrected chi connectivity index (χ2v) is 5.03. The number of rotatable bonds is 7. The number of hydrogen-bond donors (Lipinski definition) is 0. The lowest BCUT2D eigenvalue weighted by atomic mass is 10.0. The molecule has 0 aliphatic rings. The van der Waals surface area contributed by atoms with E-state index in [4.69, 9.17) is 4.52 Å². The van der Waals surface area contributed by atoms with Gasteiger partial charge in [-0.1, -0.05) is 60.3 Å². The molecule has 0 fully saturated rings. The van der Waals surface area contributed by atoms with Gasteiger partial charge in [0, 0.05) is 8.81 Å². The lowest BCUT2D eigenvalue weighted by Crippen LogP contribution is -1.98. The van der Waals surface area contributed by atoms with Gasteiger partial charge in [-0.3, -0.25) is 0 Å². The first-order chi connectivity index (χ1) is 7.12. The lowest BCUT2D eigenvalue weighted by molar-refractivity contribution is 0.290. The minimum atomic E-state index is 0.654. The molecule has 3 atom stereocenters. The van der Waals surface area contributed by atoms with Crippen molar-refractivity contribution in [1.82, 2.24) is 0 Å². The van der Waals surface area contributed by atoms with E-state index in [1.165, 1.54) is 25.7 Å². The zero-order valence-corrected chi connectivity index (χ0v) is 12.6. The zero-order chi connectivity index (χ0) is 12.1. The fourth-order valence-electron chi connectivity index (χ4n) is 1.04. The van der Waals surface area contributed by atoms with Crippen LogP contribution in [0.5, 0.6) is 0 Å². The summed E-state index contributed by atoms with van der Waals surface area (Å²) in [7, 11) is 0.654. The predicted octanol–water partition coefficient (Wildman–Crippen LogP) is 5.11. The van der Waals surface area contributed by atoms with E-state index in [0.29, 0.717) is 8.81 Å². The molecule has 0 aromatic carbocycles. The van der Waals surface area contributed by atoms with Gasteiger partial charge in [0.2, 0.25) is 0 Å². The Morgan fingerprint density at radius 1 is 1.00 bits per heavy atom. The van der Waals surface area contributed by atoms with Gasteiger partial charge in [0.1, 0.15) is 0 Å². The molecule has 0 spiro atoms. The lowest BCUT2D eigenvalue weighted by Gasteiger charge is -2.05. The molecule has 3 unspecified atom stereocenters. The summed E-state index contributed by atoms with van der Waals surface area (Å²) in [6.07, 6.45) is 5.31. The van der Waals surface area contributed by atoms with E-state index >= 15 is 0 Å². The Labute approximate surface area is 99.2 Å². The van der Waals surface area contributed by atoms with Crippen LogP contribution in [0.1, 0.15) is 60.3 Å². The predicted molar refractivity (Wildman–Crippen MR) is 74.0 cm³/mol. The summed E-state index contributed by atoms with van der Waals surface area (Å²) in [6.45, 7) is 14.2. The molecule has 0 bridgehead atoms. The molecular weight excluding hydrogens is 203 g/mol. The third kappa shape index (κ3) is 17.0. The van der Waals surface area contributed by atoms with Crippen LogP contribution < -0.4 is 0 Å². The zero-order valence-electron chi connectivity index (χ0n) is 11.6. The molecule has 0 amide bonds. The Balaban J connectivity index is 0. The Bertz CT molecular complexity index is 107. The largest absolute Gasteiger partial charge is 0.362 e. The second kappa shape index (κ2) is 14.4. The molecule has 0 N–H and O–H groups in total. The van der Waals surface area contributed by atoms with Crippen LogP contribution in [-0.4, -0.2) is 13.3 Å². The van der Waals surface area contributed by atoms with E-state index in [-0.39, 0.29) is 0 Å². The molecule has 94 valence electrons. The Kier molecular flexibility index (Phi) is 17.1. The molecule has 0 aromatic heterocycles. The third-order valence-electron chi connectivity index (χ3n) is 2.69. The highest BCUT2D eigenvalue weighted by molar-refractivity contribution is 7.31. The quantitative estimate of drug-likeness (QED) is 0.556. The van der Waals surface area contributed by atoms with Gasteiger partial charge in [0.25, 0.3) is 0 Å². The Morgan fingerprint density at radius 2 is 1.53 bits per heavy atom. The molecule has 15 heavy (non-hydrogen) atoms. The van der Waals surface area contributed by atoms with Gasteiger partial charge in [0.15, 0.2) is 0 Å². The molecular formula is C13H31OP. The minimum Gasteiger partial charge on any atom is -0.362 e. The van der Waals surface area contributed by atoms with Gasteiger partial charge < -0.3 is 4.52 Å². The highest BCUT2D eigenvalue weighted by Gasteiger charge is 1.95. The van der Waals surface area contributed by atoms with E-state index in [1.54, 1.807) is 0 Å². The molecule has 0 saturated carbocycles. The van der Waals surface area contributed by atoms with Crippen molar-refractivity contribution >= 4 is 8.81 Å². The van der Waals surface area contributed by atoms with Gasteiger partial charge in [-0.25, -0.2) is 0 Å². The van der Waals surface area contributed by atoms with Crippen molar-refractivity contribution in [3.05, 3.63) is 0 Å². The van der Waals surface area contributed by atoms with Crippen molar-refractivity contribution in [1.29, 1.82) is 0 Å². The first-order valence-electron chi connectivity index (χ1n) is 6.40. The third-order valence-corrected chi connectivity index (χ3v) is 3.14. The molecule has 0 aromatic rings. The first-order valence-corrected chi connectivity index (χ1v) is 7.81. The van der Waals surface area contributed by atoms with Gasteiger partial charge >= 0.3 is 0 Å². The van der Waals surface area contributed by atoms with Crippen molar-refractivity contribution < 1.29 is 4.52 Å². The molecule has 2 heteroatoms. The van der Waals surface area contributed by atoms with Crippen LogP contribution in [0.2, 0.25) is 0 Å². The van der Waals surface area contributed by atoms with E-state index in [2.05, 4.69) is 41.3 Å². The highest BCUT2D eigenvalue weighted by atomic mass is 31.1. The molecule has 0 saturated heterocycles. The molecule has 0 radical (unpaired) electrons. The second-order valence-electron chi connectivity index (χ2n) is 4.33. The van der Waals surface area contributed by atoms with Crippen molar-refractivity contribution in [2.75, 3.05) is 13.3 Å². The molecule has 0 heterocycles. The van der Waals surface area contributed by atoms with Crippen LogP contribution >= 0.6 is 8.81 Å². The van der Waals surface area contributed by atoms with Crippen molar-refractivity contribution in [3.63, 3.8) is 0 Å². The topological polar surface area (TPSA) is 9.23 Å². The molecule has 0 aliphatic carbocycles. The van der Waals surface area contributed by atoms with Gasteiger partial charge in [0.05, 0.1) is 6.61 Å². The average molecular weight is 234 g/mol. The van der Waals surface area contributed by atoms with Crippen LogP contribution in [-0.2, 0) is 4.52 Å². The van der Waals surface area contributed by atoms with E-state index in [9.17, 15) is 0 Å². The smallest absolute Gasteiger partial charge is 0.0530 e. The van der Waals surface area contributed by atoms with E-state index in [0.717, 1.165) is 18.4 Å². The van der Waals surface area contributed by atoms with Crippen LogP contribution in [0.3, 0.4) is 0 Å². The highest BCUT2D eigenvalue weighted by Crippen LogP contribution is 2.09. The monoisotopic (exact) mass is 234 g/mol. The maximum Gasteiger partial charge on any atom is 0.0530 e. The van der Waals surface area contributed by atoms with Crippen molar-refractivity contribution in [2.24, 2.45) is 11.8 Å². The van der Waals surface area contributed by atoms with Crippen LogP contribution in [0, 0.1) is 11.8 Å². The minimum absolute atomic E-state index is 0.654. The fourth-order valence-corrected chi connectivity index (χ4v) is 1.49. The summed E-state index contributed by atoms with van der Waals surface area (Å²) >= 11 is 0. The Morgan fingerprint density at radius 3 is 1.80 bits per heavy atom. The van der Waals surface area contributed by atoms with Crippen LogP contribution in [0.4, 0.5) is 0 Å². The molecule has 0 rings (SSSR count). The summed E-state index contributed by atoms with van der Waals surface area (Å²) < 4.78 is 5.21. The van der Waals surface area contributed by atoms with E-state index in [1.807, 2.05) is 0 Å². The fraction of sp³-hybridized carbons (Fsp3) is 1.00. The summed E-state index contributed by atoms with van der Waals surface area (Å²) in [4.78, 5) is 0. The summed E-state index contributed by atoms with van der Waals surface area (Å²) in [5.41, 5.74) is 0. The SMILES string of the molecule is CCC(C)COPC.CCCC(C)CC. The summed E-state index contributed by atoms with van der Waals surface area (Å²) in [6, 6.07) is 0.